The number of carbonyl (C=O) groups is 2. The van der Waals surface area contributed by atoms with Gasteiger partial charge in [0.05, 0.1) is 30.9 Å². The summed E-state index contributed by atoms with van der Waals surface area (Å²) in [7, 11) is 4.85. The molecule has 170 valence electrons. The summed E-state index contributed by atoms with van der Waals surface area (Å²) in [6.07, 6.45) is 0.516. The Hall–Kier alpha value is -3.65. The number of hydrogen-bond donors (Lipinski definition) is 0. The number of amides is 2. The lowest BCUT2D eigenvalue weighted by molar-refractivity contribution is -0.133. The molecule has 0 fully saturated rings. The first-order chi connectivity index (χ1) is 16.0. The number of carbonyl (C=O) groups excluding carboxylic acids is 2. The predicted octanol–water partition coefficient (Wildman–Crippen LogP) is 4.22. The molecule has 0 bridgehead atoms. The second-order valence-electron chi connectivity index (χ2n) is 7.62. The highest BCUT2D eigenvalue weighted by Gasteiger charge is 2.35. The number of hydrogen-bond acceptors (Lipinski definition) is 6. The van der Waals surface area contributed by atoms with Gasteiger partial charge in [0.25, 0.3) is 11.8 Å². The molecule has 0 saturated carbocycles. The van der Waals surface area contributed by atoms with Crippen LogP contribution in [-0.4, -0.2) is 55.2 Å². The van der Waals surface area contributed by atoms with Crippen LogP contribution in [0.25, 0.3) is 0 Å². The number of likely N-dealkylation sites (N-methyl/N-ethyl adjacent to an activating group) is 1. The molecule has 2 aromatic carbocycles. The van der Waals surface area contributed by atoms with E-state index in [1.165, 1.54) is 21.2 Å². The Balaban J connectivity index is 1.64. The van der Waals surface area contributed by atoms with E-state index in [1.807, 2.05) is 60.0 Å². The summed E-state index contributed by atoms with van der Waals surface area (Å²) in [6, 6.07) is 18.4. The van der Waals surface area contributed by atoms with Crippen LogP contribution in [0, 0.1) is 0 Å². The van der Waals surface area contributed by atoms with Crippen molar-refractivity contribution in [2.75, 3.05) is 27.8 Å². The summed E-state index contributed by atoms with van der Waals surface area (Å²) in [5.41, 5.74) is 2.51. The zero-order valence-electron chi connectivity index (χ0n) is 18.7. The molecule has 0 unspecified atom stereocenters. The van der Waals surface area contributed by atoms with Crippen LogP contribution < -0.4 is 9.47 Å². The van der Waals surface area contributed by atoms with E-state index in [9.17, 15) is 9.59 Å². The maximum absolute atomic E-state index is 13.4. The van der Waals surface area contributed by atoms with Crippen LogP contribution in [0.1, 0.15) is 33.3 Å². The minimum atomic E-state index is -0.347. The summed E-state index contributed by atoms with van der Waals surface area (Å²) < 4.78 is 10.9. The van der Waals surface area contributed by atoms with Gasteiger partial charge < -0.3 is 14.4 Å². The van der Waals surface area contributed by atoms with E-state index in [2.05, 4.69) is 0 Å². The largest absolute Gasteiger partial charge is 0.497 e. The third-order valence-corrected chi connectivity index (χ3v) is 6.38. The van der Waals surface area contributed by atoms with Gasteiger partial charge in [-0.25, -0.2) is 5.01 Å². The number of hydrazone groups is 1. The summed E-state index contributed by atoms with van der Waals surface area (Å²) in [5, 5.41) is 8.01. The van der Waals surface area contributed by atoms with Crippen LogP contribution in [0.5, 0.6) is 11.5 Å². The van der Waals surface area contributed by atoms with E-state index in [-0.39, 0.29) is 24.4 Å². The second-order valence-corrected chi connectivity index (χ2v) is 8.57. The number of methoxy groups -OCH3 is 2. The molecule has 1 aliphatic rings. The fraction of sp³-hybridized carbons (Fsp3) is 0.240. The molecule has 8 heteroatoms. The maximum atomic E-state index is 13.4. The van der Waals surface area contributed by atoms with E-state index >= 15 is 0 Å². The fourth-order valence-corrected chi connectivity index (χ4v) is 4.55. The van der Waals surface area contributed by atoms with Gasteiger partial charge in [0.2, 0.25) is 0 Å². The third kappa shape index (κ3) is 4.75. The van der Waals surface area contributed by atoms with Crippen molar-refractivity contribution in [1.82, 2.24) is 9.91 Å². The first-order valence-electron chi connectivity index (χ1n) is 10.5. The second kappa shape index (κ2) is 9.87. The molecule has 0 radical (unpaired) electrons. The Morgan fingerprint density at radius 1 is 1.09 bits per heavy atom. The molecule has 1 aromatic heterocycles. The minimum Gasteiger partial charge on any atom is -0.497 e. The number of nitrogens with zero attached hydrogens (tertiary/aromatic N) is 3. The van der Waals surface area contributed by atoms with Crippen molar-refractivity contribution in [3.8, 4) is 11.5 Å². The number of ether oxygens (including phenoxy) is 2. The fourth-order valence-electron chi connectivity index (χ4n) is 3.84. The van der Waals surface area contributed by atoms with E-state index in [4.69, 9.17) is 14.6 Å². The topological polar surface area (TPSA) is 71.4 Å². The molecule has 1 aliphatic heterocycles. The van der Waals surface area contributed by atoms with Crippen molar-refractivity contribution in [3.05, 3.63) is 82.0 Å². The summed E-state index contributed by atoms with van der Waals surface area (Å²) in [6.45, 7) is -0.0860. The van der Waals surface area contributed by atoms with E-state index in [0.717, 1.165) is 22.6 Å². The predicted molar refractivity (Wildman–Crippen MR) is 128 cm³/mol. The van der Waals surface area contributed by atoms with Gasteiger partial charge in [0.15, 0.2) is 0 Å². The van der Waals surface area contributed by atoms with Crippen LogP contribution in [0.2, 0.25) is 0 Å². The molecule has 0 N–H and O–H groups in total. The van der Waals surface area contributed by atoms with Crippen molar-refractivity contribution in [1.29, 1.82) is 0 Å². The molecule has 2 heterocycles. The van der Waals surface area contributed by atoms with Gasteiger partial charge in [-0.2, -0.15) is 5.10 Å². The molecule has 1 atom stereocenters. The first-order valence-corrected chi connectivity index (χ1v) is 11.4. The Bertz CT molecular complexity index is 1180. The van der Waals surface area contributed by atoms with Gasteiger partial charge in [-0.1, -0.05) is 36.4 Å². The molecule has 33 heavy (non-hydrogen) atoms. The van der Waals surface area contributed by atoms with Gasteiger partial charge in [-0.15, -0.1) is 11.3 Å². The zero-order chi connectivity index (χ0) is 23.4. The van der Waals surface area contributed by atoms with Gasteiger partial charge in [0, 0.05) is 24.6 Å². The van der Waals surface area contributed by atoms with Crippen molar-refractivity contribution in [2.45, 2.75) is 12.5 Å². The molecule has 4 rings (SSSR count). The molecule has 3 aromatic rings. The van der Waals surface area contributed by atoms with Crippen LogP contribution in [-0.2, 0) is 4.79 Å². The average Bonchev–Trinajstić information content (AvgIpc) is 3.54. The smallest absolute Gasteiger partial charge is 0.264 e. The molecular formula is C25H25N3O4S. The normalized spacial score (nSPS) is 15.2. The lowest BCUT2D eigenvalue weighted by atomic mass is 9.97. The maximum Gasteiger partial charge on any atom is 0.264 e. The molecule has 0 saturated heterocycles. The van der Waals surface area contributed by atoms with Crippen molar-refractivity contribution >= 4 is 28.9 Å². The summed E-state index contributed by atoms with van der Waals surface area (Å²) in [5.74, 6) is 0.945. The Kier molecular flexibility index (Phi) is 6.74. The van der Waals surface area contributed by atoms with Gasteiger partial charge in [-0.3, -0.25) is 9.59 Å². The molecule has 2 amide bonds. The van der Waals surface area contributed by atoms with Crippen LogP contribution in [0.3, 0.4) is 0 Å². The number of rotatable bonds is 7. The number of para-hydroxylation sites is 1. The Morgan fingerprint density at radius 2 is 1.91 bits per heavy atom. The van der Waals surface area contributed by atoms with E-state index in [0.29, 0.717) is 17.0 Å². The molecule has 7 nitrogen and oxygen atoms in total. The lowest BCUT2D eigenvalue weighted by Crippen LogP contribution is -2.39. The highest BCUT2D eigenvalue weighted by atomic mass is 32.1. The Morgan fingerprint density at radius 3 is 2.64 bits per heavy atom. The van der Waals surface area contributed by atoms with Gasteiger partial charge in [0.1, 0.15) is 18.0 Å². The summed E-state index contributed by atoms with van der Waals surface area (Å²) in [4.78, 5) is 28.1. The van der Waals surface area contributed by atoms with Crippen LogP contribution >= 0.6 is 11.3 Å². The van der Waals surface area contributed by atoms with Gasteiger partial charge >= 0.3 is 0 Å². The van der Waals surface area contributed by atoms with E-state index in [1.54, 1.807) is 27.3 Å². The lowest BCUT2D eigenvalue weighted by Gasteiger charge is -2.25. The average molecular weight is 464 g/mol. The Labute approximate surface area is 196 Å². The van der Waals surface area contributed by atoms with Crippen LogP contribution in [0.4, 0.5) is 0 Å². The molecule has 0 spiro atoms. The van der Waals surface area contributed by atoms with Crippen molar-refractivity contribution in [2.24, 2.45) is 5.10 Å². The van der Waals surface area contributed by atoms with Crippen molar-refractivity contribution < 1.29 is 19.1 Å². The standard InChI is InChI=1S/C25H25N3O4S/c1-27(25(30)23-12-7-13-33-23)16-24(29)28-21(19-10-4-5-11-22(19)32-3)15-20(26-28)17-8-6-9-18(14-17)31-2/h4-14,21H,15-16H2,1-3H3/t21-/m0/s1. The molecular weight excluding hydrogens is 438 g/mol. The highest BCUT2D eigenvalue weighted by Crippen LogP contribution is 2.37. The van der Waals surface area contributed by atoms with E-state index < -0.39 is 0 Å². The highest BCUT2D eigenvalue weighted by molar-refractivity contribution is 7.12. The number of thiophene rings is 1. The monoisotopic (exact) mass is 463 g/mol. The zero-order valence-corrected chi connectivity index (χ0v) is 19.5. The quantitative estimate of drug-likeness (QED) is 0.526. The van der Waals surface area contributed by atoms with Crippen molar-refractivity contribution in [3.63, 3.8) is 0 Å². The number of benzene rings is 2. The molecule has 0 aliphatic carbocycles. The SMILES string of the molecule is COc1cccc(C2=NN(C(=O)CN(C)C(=O)c3cccs3)[C@H](c3ccccc3OC)C2)c1. The van der Waals surface area contributed by atoms with Gasteiger partial charge in [-0.05, 0) is 29.6 Å². The van der Waals surface area contributed by atoms with Crippen LogP contribution in [0.15, 0.2) is 71.1 Å². The minimum absolute atomic E-state index is 0.0860. The summed E-state index contributed by atoms with van der Waals surface area (Å²) >= 11 is 1.35. The third-order valence-electron chi connectivity index (χ3n) is 5.52. The first kappa shape index (κ1) is 22.5.